The van der Waals surface area contributed by atoms with E-state index in [0.717, 1.165) is 43.0 Å². The van der Waals surface area contributed by atoms with E-state index in [1.165, 1.54) is 52.9 Å². The first kappa shape index (κ1) is 21.6. The lowest BCUT2D eigenvalue weighted by atomic mass is 9.97. The first-order valence-corrected chi connectivity index (χ1v) is 11.3. The van der Waals surface area contributed by atoms with Crippen LogP contribution in [0.4, 0.5) is 5.69 Å². The van der Waals surface area contributed by atoms with Crippen LogP contribution >= 0.6 is 0 Å². The Bertz CT molecular complexity index is 852. The molecule has 0 bridgehead atoms. The molecule has 2 nitrogen and oxygen atoms in total. The summed E-state index contributed by atoms with van der Waals surface area (Å²) in [4.78, 5) is 7.72. The Kier molecular flexibility index (Phi) is 6.82. The number of rotatable bonds is 8. The molecule has 1 saturated carbocycles. The maximum Gasteiger partial charge on any atom is 0.0712 e. The molecule has 1 aliphatic heterocycles. The highest BCUT2D eigenvalue weighted by Crippen LogP contribution is 2.39. The van der Waals surface area contributed by atoms with E-state index in [0.29, 0.717) is 6.04 Å². The van der Waals surface area contributed by atoms with Crippen LogP contribution in [0, 0.1) is 12.8 Å². The Labute approximate surface area is 178 Å². The van der Waals surface area contributed by atoms with Crippen molar-refractivity contribution in [3.05, 3.63) is 59.3 Å². The van der Waals surface area contributed by atoms with Gasteiger partial charge in [0, 0.05) is 18.0 Å². The Hall–Kier alpha value is -2.09. The first-order chi connectivity index (χ1) is 13.8. The summed E-state index contributed by atoms with van der Waals surface area (Å²) in [5.41, 5.74) is 9.92. The lowest BCUT2D eigenvalue weighted by Gasteiger charge is -2.27. The number of likely N-dealkylation sites (tertiary alicyclic amines) is 1. The van der Waals surface area contributed by atoms with Gasteiger partial charge >= 0.3 is 0 Å². The third kappa shape index (κ3) is 4.91. The van der Waals surface area contributed by atoms with Crippen LogP contribution in [0.3, 0.4) is 0 Å². The summed E-state index contributed by atoms with van der Waals surface area (Å²) in [5, 5.41) is 0. The fourth-order valence-electron chi connectivity index (χ4n) is 4.27. The summed E-state index contributed by atoms with van der Waals surface area (Å²) in [7, 11) is 0. The molecule has 3 rings (SSSR count). The molecule has 0 aromatic heterocycles. The number of hydrogen-bond donors (Lipinski definition) is 0. The highest BCUT2D eigenvalue weighted by atomic mass is 15.2. The first-order valence-electron chi connectivity index (χ1n) is 11.3. The number of nitrogens with zero attached hydrogens (tertiary/aromatic N) is 2. The van der Waals surface area contributed by atoms with Gasteiger partial charge in [0.15, 0.2) is 0 Å². The quantitative estimate of drug-likeness (QED) is 0.422. The van der Waals surface area contributed by atoms with E-state index in [4.69, 9.17) is 4.99 Å². The van der Waals surface area contributed by atoms with Crippen molar-refractivity contribution in [1.29, 1.82) is 0 Å². The molecule has 0 radical (unpaired) electrons. The fraction of sp³-hybridized carbons (Fsp3) is 0.519. The Morgan fingerprint density at radius 1 is 1.24 bits per heavy atom. The zero-order valence-corrected chi connectivity index (χ0v) is 19.1. The average Bonchev–Trinajstić information content (AvgIpc) is 3.46. The van der Waals surface area contributed by atoms with Gasteiger partial charge in [-0.05, 0) is 87.1 Å². The van der Waals surface area contributed by atoms with Crippen molar-refractivity contribution in [3.63, 3.8) is 0 Å². The predicted molar refractivity (Wildman–Crippen MR) is 128 cm³/mol. The lowest BCUT2D eigenvalue weighted by Crippen LogP contribution is -2.35. The Balaban J connectivity index is 1.95. The topological polar surface area (TPSA) is 15.6 Å². The van der Waals surface area contributed by atoms with Gasteiger partial charge in [0.05, 0.1) is 11.7 Å². The smallest absolute Gasteiger partial charge is 0.0712 e. The summed E-state index contributed by atoms with van der Waals surface area (Å²) >= 11 is 0. The van der Waals surface area contributed by atoms with Gasteiger partial charge in [0.25, 0.3) is 0 Å². The Morgan fingerprint density at radius 3 is 2.55 bits per heavy atom. The van der Waals surface area contributed by atoms with Crippen molar-refractivity contribution in [2.45, 2.75) is 79.2 Å². The highest BCUT2D eigenvalue weighted by Gasteiger charge is 2.36. The van der Waals surface area contributed by atoms with Crippen LogP contribution in [0.15, 0.2) is 47.6 Å². The molecule has 2 aliphatic rings. The largest absolute Gasteiger partial charge is 0.363 e. The molecule has 0 N–H and O–H groups in total. The molecule has 0 spiro atoms. The van der Waals surface area contributed by atoms with Gasteiger partial charge in [0.2, 0.25) is 0 Å². The highest BCUT2D eigenvalue weighted by molar-refractivity contribution is 5.91. The van der Waals surface area contributed by atoms with Gasteiger partial charge in [0.1, 0.15) is 0 Å². The second-order valence-corrected chi connectivity index (χ2v) is 8.95. The van der Waals surface area contributed by atoms with E-state index in [2.05, 4.69) is 70.9 Å². The lowest BCUT2D eigenvalue weighted by molar-refractivity contribution is 0.336. The molecule has 29 heavy (non-hydrogen) atoms. The monoisotopic (exact) mass is 390 g/mol. The summed E-state index contributed by atoms with van der Waals surface area (Å²) in [6.45, 7) is 20.7. The van der Waals surface area contributed by atoms with E-state index >= 15 is 0 Å². The molecule has 156 valence electrons. The summed E-state index contributed by atoms with van der Waals surface area (Å²) in [6, 6.07) is 4.82. The number of allylic oxidation sites excluding steroid dienone is 3. The molecule has 2 heteroatoms. The molecule has 1 saturated heterocycles. The van der Waals surface area contributed by atoms with Gasteiger partial charge < -0.3 is 4.90 Å². The van der Waals surface area contributed by atoms with Gasteiger partial charge in [-0.15, -0.1) is 0 Å². The van der Waals surface area contributed by atoms with Crippen molar-refractivity contribution < 1.29 is 0 Å². The zero-order valence-electron chi connectivity index (χ0n) is 19.1. The minimum absolute atomic E-state index is 0.337. The summed E-state index contributed by atoms with van der Waals surface area (Å²) < 4.78 is 0. The molecule has 1 aromatic rings. The maximum atomic E-state index is 5.18. The molecular formula is C27H38N2. The third-order valence-electron chi connectivity index (χ3n) is 6.48. The van der Waals surface area contributed by atoms with Crippen molar-refractivity contribution in [3.8, 4) is 0 Å². The van der Waals surface area contributed by atoms with E-state index in [1.807, 2.05) is 0 Å². The number of aryl methyl sites for hydroxylation is 1. The van der Waals surface area contributed by atoms with Gasteiger partial charge in [-0.3, -0.25) is 4.99 Å². The van der Waals surface area contributed by atoms with Crippen molar-refractivity contribution in [1.82, 2.24) is 4.90 Å². The van der Waals surface area contributed by atoms with Crippen LogP contribution in [0.2, 0.25) is 0 Å². The van der Waals surface area contributed by atoms with Crippen molar-refractivity contribution in [2.75, 3.05) is 6.54 Å². The number of unbranched alkanes of at least 4 members (excludes halogenated alkanes) is 1. The standard InChI is InChI=1S/C27H38N2/c1-8-10-11-24-16-27(29(21(24)7)17-22-12-13-22)20(6)28-26-15-25(18(3)4)14-23(9-2)19(26)5/h11,14-15,22,27H,3,7-10,12-13,16-17H2,1-2,4-6H3/b24-11-,28-20+. The maximum absolute atomic E-state index is 5.18. The normalized spacial score (nSPS) is 21.3. The van der Waals surface area contributed by atoms with Gasteiger partial charge in [-0.1, -0.05) is 51.1 Å². The van der Waals surface area contributed by atoms with E-state index in [-0.39, 0.29) is 0 Å². The van der Waals surface area contributed by atoms with Crippen LogP contribution in [0.1, 0.15) is 76.5 Å². The second kappa shape index (κ2) is 9.15. The summed E-state index contributed by atoms with van der Waals surface area (Å²) in [6.07, 6.45) is 9.50. The van der Waals surface area contributed by atoms with Crippen LogP contribution in [-0.4, -0.2) is 23.2 Å². The molecule has 1 atom stereocenters. The Morgan fingerprint density at radius 2 is 1.97 bits per heavy atom. The molecule has 1 aliphatic carbocycles. The number of hydrogen-bond acceptors (Lipinski definition) is 2. The fourth-order valence-corrected chi connectivity index (χ4v) is 4.27. The number of aliphatic imine (C=N–C) groups is 1. The van der Waals surface area contributed by atoms with E-state index in [1.54, 1.807) is 0 Å². The van der Waals surface area contributed by atoms with Gasteiger partial charge in [-0.2, -0.15) is 0 Å². The average molecular weight is 391 g/mol. The zero-order chi connectivity index (χ0) is 21.1. The molecule has 1 heterocycles. The molecule has 2 fully saturated rings. The minimum atomic E-state index is 0.337. The van der Waals surface area contributed by atoms with Crippen LogP contribution < -0.4 is 0 Å². The SMILES string of the molecule is C=C(C)c1cc(CC)c(C)c(/N=C(\C)C2C/C(=C/CCC)C(=C)N2CC2CC2)c1. The molecule has 1 aromatic carbocycles. The van der Waals surface area contributed by atoms with Crippen LogP contribution in [0.25, 0.3) is 5.57 Å². The van der Waals surface area contributed by atoms with Gasteiger partial charge in [-0.25, -0.2) is 0 Å². The van der Waals surface area contributed by atoms with Crippen molar-refractivity contribution in [2.24, 2.45) is 10.9 Å². The van der Waals surface area contributed by atoms with Crippen LogP contribution in [0.5, 0.6) is 0 Å². The molecular weight excluding hydrogens is 352 g/mol. The summed E-state index contributed by atoms with van der Waals surface area (Å²) in [5.74, 6) is 0.841. The van der Waals surface area contributed by atoms with Crippen LogP contribution in [-0.2, 0) is 6.42 Å². The molecule has 1 unspecified atom stereocenters. The predicted octanol–water partition coefficient (Wildman–Crippen LogP) is 7.41. The number of benzene rings is 1. The van der Waals surface area contributed by atoms with Crippen molar-refractivity contribution >= 4 is 17.0 Å². The second-order valence-electron chi connectivity index (χ2n) is 8.95. The van der Waals surface area contributed by atoms with E-state index in [9.17, 15) is 0 Å². The minimum Gasteiger partial charge on any atom is -0.363 e. The third-order valence-corrected chi connectivity index (χ3v) is 6.48. The van der Waals surface area contributed by atoms with E-state index < -0.39 is 0 Å². The molecule has 0 amide bonds.